The molecule has 2 rings (SSSR count). The van der Waals surface area contributed by atoms with E-state index in [1.165, 1.54) is 13.0 Å². The largest absolute Gasteiger partial charge is 0.481 e. The van der Waals surface area contributed by atoms with Gasteiger partial charge in [0.05, 0.1) is 11.8 Å². The lowest BCUT2D eigenvalue weighted by molar-refractivity contribution is -0.145. The molecule has 0 spiro atoms. The molecule has 6 heteroatoms. The van der Waals surface area contributed by atoms with Crippen LogP contribution in [0.25, 0.3) is 0 Å². The van der Waals surface area contributed by atoms with Crippen molar-refractivity contribution in [1.29, 1.82) is 0 Å². The molecule has 0 saturated heterocycles. The summed E-state index contributed by atoms with van der Waals surface area (Å²) >= 11 is 0. The number of halogens is 2. The van der Waals surface area contributed by atoms with Gasteiger partial charge >= 0.3 is 5.97 Å². The zero-order valence-electron chi connectivity index (χ0n) is 11.0. The van der Waals surface area contributed by atoms with Gasteiger partial charge in [0.25, 0.3) is 0 Å². The van der Waals surface area contributed by atoms with Gasteiger partial charge in [-0.2, -0.15) is 0 Å². The number of hydrogen-bond donors (Lipinski definition) is 2. The van der Waals surface area contributed by atoms with Gasteiger partial charge in [0.2, 0.25) is 5.91 Å². The molecule has 0 radical (unpaired) electrons. The summed E-state index contributed by atoms with van der Waals surface area (Å²) in [6, 6.07) is 2.34. The first-order valence-electron chi connectivity index (χ1n) is 6.40. The van der Waals surface area contributed by atoms with E-state index >= 15 is 0 Å². The van der Waals surface area contributed by atoms with Gasteiger partial charge in [-0.15, -0.1) is 0 Å². The van der Waals surface area contributed by atoms with Crippen LogP contribution in [0, 0.1) is 30.4 Å². The highest BCUT2D eigenvalue weighted by Crippen LogP contribution is 2.33. The average molecular weight is 283 g/mol. The van der Waals surface area contributed by atoms with Gasteiger partial charge in [-0.1, -0.05) is 12.5 Å². The lowest BCUT2D eigenvalue weighted by Gasteiger charge is -2.16. The Kier molecular flexibility index (Phi) is 4.01. The summed E-state index contributed by atoms with van der Waals surface area (Å²) in [7, 11) is 0. The molecule has 108 valence electrons. The lowest BCUT2D eigenvalue weighted by atomic mass is 9.95. The summed E-state index contributed by atoms with van der Waals surface area (Å²) in [5, 5.41) is 11.2. The van der Waals surface area contributed by atoms with Crippen LogP contribution in [0.2, 0.25) is 0 Å². The van der Waals surface area contributed by atoms with Crippen LogP contribution < -0.4 is 5.32 Å². The van der Waals surface area contributed by atoms with Crippen LogP contribution in [-0.2, 0) is 9.59 Å². The monoisotopic (exact) mass is 283 g/mol. The Bertz CT molecular complexity index is 560. The third kappa shape index (κ3) is 2.64. The highest BCUT2D eigenvalue weighted by atomic mass is 19.1. The van der Waals surface area contributed by atoms with Gasteiger partial charge in [-0.05, 0) is 31.4 Å². The number of carboxylic acids is 1. The Morgan fingerprint density at radius 2 is 1.90 bits per heavy atom. The highest BCUT2D eigenvalue weighted by Gasteiger charge is 2.38. The maximum Gasteiger partial charge on any atom is 0.307 e. The molecule has 20 heavy (non-hydrogen) atoms. The number of carboxylic acid groups (broad SMARTS) is 1. The van der Waals surface area contributed by atoms with Crippen molar-refractivity contribution in [2.45, 2.75) is 26.2 Å². The van der Waals surface area contributed by atoms with Crippen LogP contribution in [0.1, 0.15) is 24.8 Å². The molecule has 2 atom stereocenters. The molecule has 2 N–H and O–H groups in total. The number of aryl methyl sites for hydroxylation is 1. The second-order valence-electron chi connectivity index (χ2n) is 5.02. The van der Waals surface area contributed by atoms with Crippen molar-refractivity contribution in [3.05, 3.63) is 29.3 Å². The summed E-state index contributed by atoms with van der Waals surface area (Å²) in [5.74, 6) is -4.92. The molecule has 1 aliphatic carbocycles. The van der Waals surface area contributed by atoms with Crippen LogP contribution in [0.5, 0.6) is 0 Å². The van der Waals surface area contributed by atoms with E-state index in [1.807, 2.05) is 0 Å². The Balaban J connectivity index is 2.20. The summed E-state index contributed by atoms with van der Waals surface area (Å²) < 4.78 is 27.4. The molecule has 1 aromatic rings. The van der Waals surface area contributed by atoms with Crippen molar-refractivity contribution in [1.82, 2.24) is 0 Å². The Morgan fingerprint density at radius 1 is 1.25 bits per heavy atom. The molecule has 1 aliphatic rings. The Hall–Kier alpha value is -1.98. The van der Waals surface area contributed by atoms with Gasteiger partial charge in [0, 0.05) is 0 Å². The van der Waals surface area contributed by atoms with Crippen LogP contribution in [0.4, 0.5) is 14.5 Å². The molecule has 0 aliphatic heterocycles. The van der Waals surface area contributed by atoms with E-state index in [0.717, 1.165) is 6.07 Å². The third-order valence-corrected chi connectivity index (χ3v) is 3.70. The van der Waals surface area contributed by atoms with E-state index < -0.39 is 41.0 Å². The molecule has 1 aromatic carbocycles. The van der Waals surface area contributed by atoms with E-state index in [4.69, 9.17) is 5.11 Å². The lowest BCUT2D eigenvalue weighted by Crippen LogP contribution is -2.30. The molecule has 2 unspecified atom stereocenters. The SMILES string of the molecule is Cc1ccc(F)c(NC(=O)C2CCCC2C(=O)O)c1F. The van der Waals surface area contributed by atoms with Crippen LogP contribution >= 0.6 is 0 Å². The van der Waals surface area contributed by atoms with Crippen LogP contribution in [0.15, 0.2) is 12.1 Å². The fourth-order valence-corrected chi connectivity index (χ4v) is 2.56. The topological polar surface area (TPSA) is 66.4 Å². The van der Waals surface area contributed by atoms with Crippen molar-refractivity contribution in [2.24, 2.45) is 11.8 Å². The smallest absolute Gasteiger partial charge is 0.307 e. The van der Waals surface area contributed by atoms with E-state index in [9.17, 15) is 18.4 Å². The van der Waals surface area contributed by atoms with Gasteiger partial charge in [0.1, 0.15) is 11.5 Å². The number of rotatable bonds is 3. The minimum absolute atomic E-state index is 0.211. The second kappa shape index (κ2) is 5.56. The van der Waals surface area contributed by atoms with E-state index in [2.05, 4.69) is 5.32 Å². The second-order valence-corrected chi connectivity index (χ2v) is 5.02. The molecular formula is C14H15F2NO3. The standard InChI is InChI=1S/C14H15F2NO3/c1-7-5-6-10(15)12(11(7)16)17-13(18)8-3-2-4-9(8)14(19)20/h5-6,8-9H,2-4H2,1H3,(H,17,18)(H,19,20). The highest BCUT2D eigenvalue weighted by molar-refractivity contribution is 5.95. The van der Waals surface area contributed by atoms with Crippen LogP contribution in [0.3, 0.4) is 0 Å². The number of benzene rings is 1. The summed E-state index contributed by atoms with van der Waals surface area (Å²) in [5.41, 5.74) is -0.297. The summed E-state index contributed by atoms with van der Waals surface area (Å²) in [6.07, 6.45) is 1.44. The average Bonchev–Trinajstić information content (AvgIpc) is 2.88. The number of hydrogen-bond acceptors (Lipinski definition) is 2. The molecule has 1 saturated carbocycles. The maximum atomic E-state index is 13.8. The molecule has 4 nitrogen and oxygen atoms in total. The number of amides is 1. The van der Waals surface area contributed by atoms with Crippen molar-refractivity contribution in [2.75, 3.05) is 5.32 Å². The normalized spacial score (nSPS) is 21.8. The van der Waals surface area contributed by atoms with Gasteiger partial charge < -0.3 is 10.4 Å². The number of carbonyl (C=O) groups is 2. The predicted molar refractivity (Wildman–Crippen MR) is 68.2 cm³/mol. The molecule has 0 bridgehead atoms. The summed E-state index contributed by atoms with van der Waals surface area (Å²) in [4.78, 5) is 23.1. The first-order chi connectivity index (χ1) is 9.41. The fraction of sp³-hybridized carbons (Fsp3) is 0.429. The van der Waals surface area contributed by atoms with Gasteiger partial charge in [-0.25, -0.2) is 8.78 Å². The van der Waals surface area contributed by atoms with E-state index in [-0.39, 0.29) is 5.56 Å². The molecule has 1 amide bonds. The molecule has 0 aromatic heterocycles. The number of nitrogens with one attached hydrogen (secondary N) is 1. The Morgan fingerprint density at radius 3 is 2.55 bits per heavy atom. The molecule has 1 fully saturated rings. The molecular weight excluding hydrogens is 268 g/mol. The van der Waals surface area contributed by atoms with Gasteiger partial charge in [0.15, 0.2) is 5.82 Å². The third-order valence-electron chi connectivity index (χ3n) is 3.70. The zero-order chi connectivity index (χ0) is 14.9. The number of anilines is 1. The number of carbonyl (C=O) groups excluding carboxylic acids is 1. The Labute approximate surface area is 114 Å². The van der Waals surface area contributed by atoms with Crippen molar-refractivity contribution in [3.63, 3.8) is 0 Å². The van der Waals surface area contributed by atoms with Crippen molar-refractivity contribution in [3.8, 4) is 0 Å². The predicted octanol–water partition coefficient (Wildman–Crippen LogP) is 2.71. The fourth-order valence-electron chi connectivity index (χ4n) is 2.56. The minimum atomic E-state index is -1.05. The van der Waals surface area contributed by atoms with Gasteiger partial charge in [-0.3, -0.25) is 9.59 Å². The number of aliphatic carboxylic acids is 1. The maximum absolute atomic E-state index is 13.8. The quantitative estimate of drug-likeness (QED) is 0.896. The minimum Gasteiger partial charge on any atom is -0.481 e. The molecule has 0 heterocycles. The van der Waals surface area contributed by atoms with E-state index in [0.29, 0.717) is 19.3 Å². The van der Waals surface area contributed by atoms with E-state index in [1.54, 1.807) is 0 Å². The first-order valence-corrected chi connectivity index (χ1v) is 6.40. The first kappa shape index (κ1) is 14.4. The van der Waals surface area contributed by atoms with Crippen molar-refractivity contribution >= 4 is 17.6 Å². The van der Waals surface area contributed by atoms with Crippen molar-refractivity contribution < 1.29 is 23.5 Å². The summed E-state index contributed by atoms with van der Waals surface area (Å²) in [6.45, 7) is 1.46. The van der Waals surface area contributed by atoms with Crippen LogP contribution in [-0.4, -0.2) is 17.0 Å². The zero-order valence-corrected chi connectivity index (χ0v) is 11.0.